The van der Waals surface area contributed by atoms with E-state index >= 15 is 0 Å². The molecule has 5 heteroatoms. The average molecular weight is 233 g/mol. The molecular weight excluding hydrogens is 214 g/mol. The molecule has 0 heterocycles. The van der Waals surface area contributed by atoms with Gasteiger partial charge in [-0.25, -0.2) is 0 Å². The number of aliphatic carboxylic acids is 1. The summed E-state index contributed by atoms with van der Waals surface area (Å²) in [6.07, 6.45) is 0.109. The molecule has 0 bridgehead atoms. The first-order chi connectivity index (χ1) is 6.93. The fraction of sp³-hybridized carbons (Fsp3) is 0.800. The van der Waals surface area contributed by atoms with E-state index in [9.17, 15) is 9.59 Å². The molecule has 0 aromatic rings. The predicted molar refractivity (Wildman–Crippen MR) is 62.0 cm³/mol. The summed E-state index contributed by atoms with van der Waals surface area (Å²) in [7, 11) is 0. The van der Waals surface area contributed by atoms with E-state index < -0.39 is 5.97 Å². The van der Waals surface area contributed by atoms with Crippen LogP contribution < -0.4 is 5.32 Å². The average Bonchev–Trinajstić information content (AvgIpc) is 2.12. The highest BCUT2D eigenvalue weighted by atomic mass is 32.2. The van der Waals surface area contributed by atoms with Gasteiger partial charge in [-0.3, -0.25) is 9.59 Å². The molecule has 0 rings (SSSR count). The van der Waals surface area contributed by atoms with Gasteiger partial charge in [0.1, 0.15) is 0 Å². The molecule has 1 amide bonds. The van der Waals surface area contributed by atoms with Crippen LogP contribution in [0.15, 0.2) is 0 Å². The number of carbonyl (C=O) groups excluding carboxylic acids is 1. The molecule has 15 heavy (non-hydrogen) atoms. The summed E-state index contributed by atoms with van der Waals surface area (Å²) < 4.78 is 0. The topological polar surface area (TPSA) is 66.4 Å². The Labute approximate surface area is 94.8 Å². The lowest BCUT2D eigenvalue weighted by Crippen LogP contribution is -2.37. The van der Waals surface area contributed by atoms with Crippen molar-refractivity contribution in [3.05, 3.63) is 0 Å². The third kappa shape index (κ3) is 8.30. The summed E-state index contributed by atoms with van der Waals surface area (Å²) in [5.41, 5.74) is 0. The summed E-state index contributed by atoms with van der Waals surface area (Å²) in [6.45, 7) is 6.05. The number of carboxylic acid groups (broad SMARTS) is 1. The fourth-order valence-electron chi connectivity index (χ4n) is 0.787. The van der Waals surface area contributed by atoms with Gasteiger partial charge in [0.2, 0.25) is 5.91 Å². The van der Waals surface area contributed by atoms with Gasteiger partial charge in [0, 0.05) is 11.8 Å². The highest BCUT2D eigenvalue weighted by molar-refractivity contribution is 7.99. The molecule has 0 aromatic heterocycles. The minimum Gasteiger partial charge on any atom is -0.481 e. The first kappa shape index (κ1) is 14.3. The maximum absolute atomic E-state index is 11.3. The minimum absolute atomic E-state index is 0.0217. The highest BCUT2D eigenvalue weighted by Gasteiger charge is 2.10. The van der Waals surface area contributed by atoms with Gasteiger partial charge in [-0.15, -0.1) is 0 Å². The van der Waals surface area contributed by atoms with Crippen molar-refractivity contribution >= 4 is 23.6 Å². The zero-order valence-corrected chi connectivity index (χ0v) is 10.3. The van der Waals surface area contributed by atoms with Crippen LogP contribution in [0.4, 0.5) is 0 Å². The SMILES string of the molecule is CC(C)C(C)NC(=O)CSCCC(=O)O. The number of carboxylic acids is 1. The van der Waals surface area contributed by atoms with Gasteiger partial charge in [0.25, 0.3) is 0 Å². The van der Waals surface area contributed by atoms with Crippen molar-refractivity contribution in [1.82, 2.24) is 5.32 Å². The van der Waals surface area contributed by atoms with Crippen molar-refractivity contribution in [2.24, 2.45) is 5.92 Å². The lowest BCUT2D eigenvalue weighted by atomic mass is 10.1. The van der Waals surface area contributed by atoms with E-state index in [2.05, 4.69) is 5.32 Å². The molecule has 88 valence electrons. The summed E-state index contributed by atoms with van der Waals surface area (Å²) in [4.78, 5) is 21.5. The summed E-state index contributed by atoms with van der Waals surface area (Å²) in [5, 5.41) is 11.2. The Hall–Kier alpha value is -0.710. The third-order valence-electron chi connectivity index (χ3n) is 2.08. The Balaban J connectivity index is 3.53. The van der Waals surface area contributed by atoms with Crippen LogP contribution in [0.5, 0.6) is 0 Å². The molecule has 4 nitrogen and oxygen atoms in total. The second-order valence-electron chi connectivity index (χ2n) is 3.80. The maximum atomic E-state index is 11.3. The molecule has 0 aromatic carbocycles. The van der Waals surface area contributed by atoms with E-state index in [0.717, 1.165) is 0 Å². The molecule has 0 aliphatic heterocycles. The van der Waals surface area contributed by atoms with Gasteiger partial charge in [-0.1, -0.05) is 13.8 Å². The highest BCUT2D eigenvalue weighted by Crippen LogP contribution is 2.04. The first-order valence-electron chi connectivity index (χ1n) is 5.02. The van der Waals surface area contributed by atoms with Crippen molar-refractivity contribution in [2.45, 2.75) is 33.2 Å². The van der Waals surface area contributed by atoms with Crippen LogP contribution in [0.2, 0.25) is 0 Å². The lowest BCUT2D eigenvalue weighted by Gasteiger charge is -2.17. The van der Waals surface area contributed by atoms with E-state index in [1.165, 1.54) is 11.8 Å². The van der Waals surface area contributed by atoms with Gasteiger partial charge in [-0.05, 0) is 12.8 Å². The molecule has 0 saturated carbocycles. The molecule has 0 spiro atoms. The molecule has 0 fully saturated rings. The number of hydrogen-bond acceptors (Lipinski definition) is 3. The van der Waals surface area contributed by atoms with Crippen molar-refractivity contribution in [1.29, 1.82) is 0 Å². The van der Waals surface area contributed by atoms with Crippen LogP contribution in [-0.4, -0.2) is 34.5 Å². The number of carbonyl (C=O) groups is 2. The van der Waals surface area contributed by atoms with Gasteiger partial charge in [0.15, 0.2) is 0 Å². The Morgan fingerprint density at radius 3 is 2.40 bits per heavy atom. The number of amides is 1. The van der Waals surface area contributed by atoms with Gasteiger partial charge < -0.3 is 10.4 Å². The number of hydrogen-bond donors (Lipinski definition) is 2. The van der Waals surface area contributed by atoms with Crippen molar-refractivity contribution in [3.8, 4) is 0 Å². The van der Waals surface area contributed by atoms with Crippen molar-refractivity contribution < 1.29 is 14.7 Å². The molecule has 1 unspecified atom stereocenters. The van der Waals surface area contributed by atoms with Crippen LogP contribution in [0, 0.1) is 5.92 Å². The molecule has 2 N–H and O–H groups in total. The molecule has 0 saturated heterocycles. The van der Waals surface area contributed by atoms with Crippen LogP contribution in [0.1, 0.15) is 27.2 Å². The van der Waals surface area contributed by atoms with Crippen LogP contribution >= 0.6 is 11.8 Å². The Morgan fingerprint density at radius 1 is 1.33 bits per heavy atom. The summed E-state index contributed by atoms with van der Waals surface area (Å²) in [5.74, 6) is 0.395. The normalized spacial score (nSPS) is 12.5. The largest absolute Gasteiger partial charge is 0.481 e. The Morgan fingerprint density at radius 2 is 1.93 bits per heavy atom. The Bertz CT molecular complexity index is 219. The van der Waals surface area contributed by atoms with Crippen LogP contribution in [0.25, 0.3) is 0 Å². The van der Waals surface area contributed by atoms with E-state index in [1.807, 2.05) is 20.8 Å². The molecule has 0 aliphatic rings. The lowest BCUT2D eigenvalue weighted by molar-refractivity contribution is -0.136. The zero-order chi connectivity index (χ0) is 11.8. The Kier molecular flexibility index (Phi) is 7.21. The minimum atomic E-state index is -0.821. The second kappa shape index (κ2) is 7.56. The fourth-order valence-corrected chi connectivity index (χ4v) is 1.52. The van der Waals surface area contributed by atoms with Gasteiger partial charge >= 0.3 is 5.97 Å². The smallest absolute Gasteiger partial charge is 0.304 e. The quantitative estimate of drug-likeness (QED) is 0.651. The van der Waals surface area contributed by atoms with Crippen molar-refractivity contribution in [2.75, 3.05) is 11.5 Å². The van der Waals surface area contributed by atoms with Gasteiger partial charge in [-0.2, -0.15) is 11.8 Å². The molecular formula is C10H19NO3S. The predicted octanol–water partition coefficient (Wildman–Crippen LogP) is 1.35. The summed E-state index contributed by atoms with van der Waals surface area (Å²) >= 11 is 1.35. The maximum Gasteiger partial charge on any atom is 0.304 e. The number of thioether (sulfide) groups is 1. The van der Waals surface area contributed by atoms with Crippen molar-refractivity contribution in [3.63, 3.8) is 0 Å². The van der Waals surface area contributed by atoms with Crippen LogP contribution in [0.3, 0.4) is 0 Å². The second-order valence-corrected chi connectivity index (χ2v) is 4.90. The monoisotopic (exact) mass is 233 g/mol. The number of nitrogens with one attached hydrogen (secondary N) is 1. The van der Waals surface area contributed by atoms with E-state index in [0.29, 0.717) is 17.4 Å². The molecule has 0 radical (unpaired) electrons. The standard InChI is InChI=1S/C10H19NO3S/c1-7(2)8(3)11-9(12)6-15-5-4-10(13)14/h7-8H,4-6H2,1-3H3,(H,11,12)(H,13,14). The zero-order valence-electron chi connectivity index (χ0n) is 9.45. The number of rotatable bonds is 7. The third-order valence-corrected chi connectivity index (χ3v) is 3.04. The van der Waals surface area contributed by atoms with Crippen LogP contribution in [-0.2, 0) is 9.59 Å². The van der Waals surface area contributed by atoms with E-state index in [4.69, 9.17) is 5.11 Å². The molecule has 1 atom stereocenters. The van der Waals surface area contributed by atoms with E-state index in [-0.39, 0.29) is 18.4 Å². The first-order valence-corrected chi connectivity index (χ1v) is 6.18. The van der Waals surface area contributed by atoms with E-state index in [1.54, 1.807) is 0 Å². The molecule has 0 aliphatic carbocycles. The van der Waals surface area contributed by atoms with Gasteiger partial charge in [0.05, 0.1) is 12.2 Å². The summed E-state index contributed by atoms with van der Waals surface area (Å²) in [6, 6.07) is 0.164.